The number of likely N-dealkylation sites (N-methyl/N-ethyl adjacent to an activating group) is 1. The second-order valence-corrected chi connectivity index (χ2v) is 5.36. The molecule has 0 radical (unpaired) electrons. The molecule has 3 rings (SSSR count). The molecule has 1 fully saturated rings. The Bertz CT molecular complexity index is 538. The molecule has 2 aromatic rings. The summed E-state index contributed by atoms with van der Waals surface area (Å²) in [6.45, 7) is 0. The van der Waals surface area contributed by atoms with Crippen LogP contribution in [0.4, 0.5) is 0 Å². The minimum absolute atomic E-state index is 0.0114. The van der Waals surface area contributed by atoms with E-state index in [0.29, 0.717) is 0 Å². The summed E-state index contributed by atoms with van der Waals surface area (Å²) in [7, 11) is 1.85. The van der Waals surface area contributed by atoms with E-state index in [1.165, 1.54) is 4.88 Å². The average Bonchev–Trinajstić information content (AvgIpc) is 3.01. The molecule has 2 unspecified atom stereocenters. The fraction of sp³-hybridized carbons (Fsp3) is 0.214. The number of amides is 1. The highest BCUT2D eigenvalue weighted by Gasteiger charge is 2.38. The fourth-order valence-corrected chi connectivity index (χ4v) is 3.10. The van der Waals surface area contributed by atoms with Crippen molar-refractivity contribution in [2.75, 3.05) is 7.05 Å². The normalized spacial score (nSPS) is 23.6. The van der Waals surface area contributed by atoms with Crippen LogP contribution in [0.25, 0.3) is 0 Å². The van der Waals surface area contributed by atoms with Crippen LogP contribution in [0.3, 0.4) is 0 Å². The van der Waals surface area contributed by atoms with Crippen LogP contribution in [-0.2, 0) is 4.79 Å². The molecule has 1 aliphatic heterocycles. The maximum absolute atomic E-state index is 12.3. The number of carbonyl (C=O) groups excluding carboxylic acids is 1. The summed E-state index contributed by atoms with van der Waals surface area (Å²) in [6.07, 6.45) is -0.0114. The lowest BCUT2D eigenvalue weighted by molar-refractivity contribution is -0.128. The summed E-state index contributed by atoms with van der Waals surface area (Å²) in [5, 5.41) is 5.43. The van der Waals surface area contributed by atoms with Crippen LogP contribution in [0, 0.1) is 0 Å². The third-order valence-electron chi connectivity index (χ3n) is 3.25. The molecule has 1 aromatic carbocycles. The third kappa shape index (κ3) is 1.83. The molecule has 1 N–H and O–H groups in total. The number of hydrogen-bond donors (Lipinski definition) is 1. The van der Waals surface area contributed by atoms with Crippen molar-refractivity contribution in [1.29, 1.82) is 0 Å². The third-order valence-corrected chi connectivity index (χ3v) is 4.18. The van der Waals surface area contributed by atoms with Crippen LogP contribution in [0.1, 0.15) is 22.6 Å². The van der Waals surface area contributed by atoms with Crippen molar-refractivity contribution >= 4 is 17.2 Å². The summed E-state index contributed by atoms with van der Waals surface area (Å²) >= 11 is 1.67. The Morgan fingerprint density at radius 1 is 1.17 bits per heavy atom. The lowest BCUT2D eigenvalue weighted by Gasteiger charge is -2.17. The molecule has 0 aliphatic carbocycles. The fourth-order valence-electron chi connectivity index (χ4n) is 2.28. The zero-order valence-electron chi connectivity index (χ0n) is 10.0. The molecule has 18 heavy (non-hydrogen) atoms. The molecule has 0 saturated carbocycles. The molecular formula is C14H14N2OS. The van der Waals surface area contributed by atoms with Gasteiger partial charge in [-0.25, -0.2) is 0 Å². The van der Waals surface area contributed by atoms with Gasteiger partial charge in [0.1, 0.15) is 12.2 Å². The van der Waals surface area contributed by atoms with E-state index in [2.05, 4.69) is 11.4 Å². The Kier molecular flexibility index (Phi) is 2.89. The molecule has 0 spiro atoms. The van der Waals surface area contributed by atoms with Crippen LogP contribution in [0.2, 0.25) is 0 Å². The maximum atomic E-state index is 12.3. The number of thiophene rings is 1. The van der Waals surface area contributed by atoms with Crippen molar-refractivity contribution < 1.29 is 4.79 Å². The maximum Gasteiger partial charge on any atom is 0.245 e. The Morgan fingerprint density at radius 2 is 1.94 bits per heavy atom. The largest absolute Gasteiger partial charge is 0.324 e. The van der Waals surface area contributed by atoms with Gasteiger partial charge in [-0.3, -0.25) is 10.1 Å². The number of benzene rings is 1. The highest BCUT2D eigenvalue weighted by Crippen LogP contribution is 2.32. The quantitative estimate of drug-likeness (QED) is 0.898. The summed E-state index contributed by atoms with van der Waals surface area (Å²) in [6, 6.07) is 13.7. The SMILES string of the molecule is CN1C(=O)C(c2ccccc2)NC1c1cccs1. The predicted molar refractivity (Wildman–Crippen MR) is 72.1 cm³/mol. The number of nitrogens with one attached hydrogen (secondary N) is 1. The highest BCUT2D eigenvalue weighted by molar-refractivity contribution is 7.10. The van der Waals surface area contributed by atoms with E-state index in [0.717, 1.165) is 5.56 Å². The van der Waals surface area contributed by atoms with E-state index in [1.54, 1.807) is 16.2 Å². The molecule has 1 saturated heterocycles. The van der Waals surface area contributed by atoms with Gasteiger partial charge < -0.3 is 4.90 Å². The summed E-state index contributed by atoms with van der Waals surface area (Å²) in [4.78, 5) is 15.2. The van der Waals surface area contributed by atoms with E-state index in [1.807, 2.05) is 48.8 Å². The lowest BCUT2D eigenvalue weighted by Crippen LogP contribution is -2.24. The molecule has 4 heteroatoms. The van der Waals surface area contributed by atoms with Crippen molar-refractivity contribution in [1.82, 2.24) is 10.2 Å². The lowest BCUT2D eigenvalue weighted by atomic mass is 10.1. The van der Waals surface area contributed by atoms with Crippen molar-refractivity contribution in [3.63, 3.8) is 0 Å². The summed E-state index contributed by atoms with van der Waals surface area (Å²) in [5.74, 6) is 0.125. The van der Waals surface area contributed by atoms with E-state index >= 15 is 0 Å². The molecule has 1 aromatic heterocycles. The van der Waals surface area contributed by atoms with Gasteiger partial charge in [-0.15, -0.1) is 11.3 Å². The summed E-state index contributed by atoms with van der Waals surface area (Å²) in [5.41, 5.74) is 1.02. The van der Waals surface area contributed by atoms with Crippen molar-refractivity contribution in [2.45, 2.75) is 12.2 Å². The van der Waals surface area contributed by atoms with E-state index in [-0.39, 0.29) is 18.1 Å². The minimum Gasteiger partial charge on any atom is -0.324 e. The minimum atomic E-state index is -0.233. The van der Waals surface area contributed by atoms with Gasteiger partial charge in [0.05, 0.1) is 0 Å². The first-order valence-electron chi connectivity index (χ1n) is 5.88. The van der Waals surface area contributed by atoms with Crippen LogP contribution < -0.4 is 5.32 Å². The first-order valence-corrected chi connectivity index (χ1v) is 6.76. The van der Waals surface area contributed by atoms with Gasteiger partial charge in [-0.2, -0.15) is 0 Å². The first-order chi connectivity index (χ1) is 8.77. The zero-order chi connectivity index (χ0) is 12.5. The van der Waals surface area contributed by atoms with Gasteiger partial charge in [0, 0.05) is 11.9 Å². The second-order valence-electron chi connectivity index (χ2n) is 4.38. The van der Waals surface area contributed by atoms with Gasteiger partial charge in [-0.05, 0) is 17.0 Å². The first kappa shape index (κ1) is 11.4. The van der Waals surface area contributed by atoms with Crippen molar-refractivity contribution in [3.8, 4) is 0 Å². The number of rotatable bonds is 2. The molecule has 3 nitrogen and oxygen atoms in total. The smallest absolute Gasteiger partial charge is 0.245 e. The number of nitrogens with zero attached hydrogens (tertiary/aromatic N) is 1. The topological polar surface area (TPSA) is 32.3 Å². The Hall–Kier alpha value is -1.65. The molecule has 92 valence electrons. The molecule has 1 amide bonds. The van der Waals surface area contributed by atoms with Crippen molar-refractivity contribution in [2.24, 2.45) is 0 Å². The van der Waals surface area contributed by atoms with Gasteiger partial charge in [0.2, 0.25) is 5.91 Å². The average molecular weight is 258 g/mol. The van der Waals surface area contributed by atoms with E-state index < -0.39 is 0 Å². The van der Waals surface area contributed by atoms with E-state index in [4.69, 9.17) is 0 Å². The molecular weight excluding hydrogens is 244 g/mol. The van der Waals surface area contributed by atoms with Crippen molar-refractivity contribution in [3.05, 3.63) is 58.3 Å². The number of carbonyl (C=O) groups is 1. The highest BCUT2D eigenvalue weighted by atomic mass is 32.1. The monoisotopic (exact) mass is 258 g/mol. The standard InChI is InChI=1S/C14H14N2OS/c1-16-13(11-8-5-9-18-11)15-12(14(16)17)10-6-3-2-4-7-10/h2-9,12-13,15H,1H3. The zero-order valence-corrected chi connectivity index (χ0v) is 10.9. The van der Waals surface area contributed by atoms with Crippen LogP contribution >= 0.6 is 11.3 Å². The summed E-state index contributed by atoms with van der Waals surface area (Å²) < 4.78 is 0. The van der Waals surface area contributed by atoms with Gasteiger partial charge in [-0.1, -0.05) is 36.4 Å². The van der Waals surface area contributed by atoms with Gasteiger partial charge >= 0.3 is 0 Å². The Morgan fingerprint density at radius 3 is 2.61 bits per heavy atom. The molecule has 0 bridgehead atoms. The molecule has 2 heterocycles. The molecule has 1 aliphatic rings. The van der Waals surface area contributed by atoms with Crippen LogP contribution in [-0.4, -0.2) is 17.9 Å². The second kappa shape index (κ2) is 4.55. The number of hydrogen-bond acceptors (Lipinski definition) is 3. The Balaban J connectivity index is 1.90. The van der Waals surface area contributed by atoms with Gasteiger partial charge in [0.25, 0.3) is 0 Å². The predicted octanol–water partition coefficient (Wildman–Crippen LogP) is 2.55. The van der Waals surface area contributed by atoms with Gasteiger partial charge in [0.15, 0.2) is 0 Å². The molecule has 2 atom stereocenters. The van der Waals surface area contributed by atoms with Crippen LogP contribution in [0.5, 0.6) is 0 Å². The van der Waals surface area contributed by atoms with E-state index in [9.17, 15) is 4.79 Å². The Labute approximate surface area is 110 Å². The van der Waals surface area contributed by atoms with Crippen LogP contribution in [0.15, 0.2) is 47.8 Å².